The zero-order valence-electron chi connectivity index (χ0n) is 8.89. The summed E-state index contributed by atoms with van der Waals surface area (Å²) in [6, 6.07) is 5.90. The van der Waals surface area contributed by atoms with Crippen LogP contribution in [-0.4, -0.2) is 0 Å². The Morgan fingerprint density at radius 2 is 1.93 bits per heavy atom. The van der Waals surface area contributed by atoms with E-state index in [0.717, 1.165) is 5.56 Å². The Bertz CT molecular complexity index is 361. The molecule has 1 aromatic carbocycles. The Labute approximate surface area is 90.6 Å². The van der Waals surface area contributed by atoms with Crippen molar-refractivity contribution in [2.45, 2.75) is 26.2 Å². The maximum atomic E-state index is 6.00. The first-order valence-corrected chi connectivity index (χ1v) is 4.95. The van der Waals surface area contributed by atoms with Gasteiger partial charge in [0, 0.05) is 16.3 Å². The predicted molar refractivity (Wildman–Crippen MR) is 63.4 cm³/mol. The Hall–Kier alpha value is -0.950. The third kappa shape index (κ3) is 2.30. The van der Waals surface area contributed by atoms with Gasteiger partial charge in [-0.2, -0.15) is 0 Å². The molecule has 14 heavy (non-hydrogen) atoms. The van der Waals surface area contributed by atoms with Crippen LogP contribution in [0.5, 0.6) is 0 Å². The van der Waals surface area contributed by atoms with Crippen molar-refractivity contribution >= 4 is 17.3 Å². The van der Waals surface area contributed by atoms with Crippen molar-refractivity contribution in [2.24, 2.45) is 5.73 Å². The maximum Gasteiger partial charge on any atom is 0.0499 e. The first-order chi connectivity index (χ1) is 6.32. The summed E-state index contributed by atoms with van der Waals surface area (Å²) in [5.41, 5.74) is 8.31. The van der Waals surface area contributed by atoms with Crippen LogP contribution in [0.1, 0.15) is 31.9 Å². The van der Waals surface area contributed by atoms with Gasteiger partial charge >= 0.3 is 0 Å². The number of halogens is 1. The van der Waals surface area contributed by atoms with Crippen LogP contribution in [-0.2, 0) is 5.41 Å². The summed E-state index contributed by atoms with van der Waals surface area (Å²) in [6.07, 6.45) is 0. The molecule has 0 aliphatic heterocycles. The van der Waals surface area contributed by atoms with Gasteiger partial charge in [-0.15, -0.1) is 0 Å². The molecule has 0 fully saturated rings. The molecule has 0 saturated carbocycles. The van der Waals surface area contributed by atoms with E-state index in [1.165, 1.54) is 5.56 Å². The molecule has 1 rings (SSSR count). The van der Waals surface area contributed by atoms with E-state index in [0.29, 0.717) is 10.7 Å². The number of benzene rings is 1. The van der Waals surface area contributed by atoms with Crippen LogP contribution in [0.4, 0.5) is 0 Å². The van der Waals surface area contributed by atoms with Gasteiger partial charge in [0.25, 0.3) is 0 Å². The molecular formula is C12H16ClN. The van der Waals surface area contributed by atoms with E-state index in [2.05, 4.69) is 27.4 Å². The molecular weight excluding hydrogens is 194 g/mol. The van der Waals surface area contributed by atoms with E-state index in [4.69, 9.17) is 17.3 Å². The molecule has 0 amide bonds. The van der Waals surface area contributed by atoms with Crippen molar-refractivity contribution < 1.29 is 0 Å². The molecule has 0 aliphatic rings. The first kappa shape index (κ1) is 11.1. The van der Waals surface area contributed by atoms with Crippen LogP contribution >= 0.6 is 11.6 Å². The average Bonchev–Trinajstić information content (AvgIpc) is 2.02. The van der Waals surface area contributed by atoms with Gasteiger partial charge in [0.2, 0.25) is 0 Å². The number of nitrogens with two attached hydrogens (primary N) is 1. The van der Waals surface area contributed by atoms with E-state index in [1.54, 1.807) is 0 Å². The molecule has 1 nitrogen and oxygen atoms in total. The molecule has 0 bridgehead atoms. The second-order valence-corrected chi connectivity index (χ2v) is 4.88. The van der Waals surface area contributed by atoms with Gasteiger partial charge in [-0.1, -0.05) is 45.0 Å². The minimum atomic E-state index is 0.106. The van der Waals surface area contributed by atoms with Crippen molar-refractivity contribution in [2.75, 3.05) is 0 Å². The fourth-order valence-electron chi connectivity index (χ4n) is 1.24. The Morgan fingerprint density at radius 3 is 2.36 bits per heavy atom. The number of hydrogen-bond donors (Lipinski definition) is 1. The maximum absolute atomic E-state index is 6.00. The van der Waals surface area contributed by atoms with Gasteiger partial charge in [0.05, 0.1) is 0 Å². The zero-order chi connectivity index (χ0) is 10.9. The number of hydrogen-bond acceptors (Lipinski definition) is 1. The summed E-state index contributed by atoms with van der Waals surface area (Å²) in [5.74, 6) is 0. The minimum Gasteiger partial charge on any atom is -0.399 e. The third-order valence-electron chi connectivity index (χ3n) is 2.18. The molecule has 2 N–H and O–H groups in total. The molecule has 0 spiro atoms. The van der Waals surface area contributed by atoms with E-state index < -0.39 is 0 Å². The lowest BCUT2D eigenvalue weighted by atomic mass is 9.86. The third-order valence-corrected chi connectivity index (χ3v) is 2.51. The monoisotopic (exact) mass is 209 g/mol. The highest BCUT2D eigenvalue weighted by Crippen LogP contribution is 2.28. The molecule has 0 unspecified atom stereocenters. The summed E-state index contributed by atoms with van der Waals surface area (Å²) < 4.78 is 0. The molecule has 0 heterocycles. The molecule has 0 aliphatic carbocycles. The highest BCUT2D eigenvalue weighted by molar-refractivity contribution is 6.32. The van der Waals surface area contributed by atoms with Crippen molar-refractivity contribution in [1.82, 2.24) is 0 Å². The molecule has 2 heteroatoms. The fourth-order valence-corrected chi connectivity index (χ4v) is 1.48. The quantitative estimate of drug-likeness (QED) is 0.752. The molecule has 0 aromatic heterocycles. The molecule has 1 aromatic rings. The normalized spacial score (nSPS) is 11.4. The van der Waals surface area contributed by atoms with Crippen LogP contribution in [0, 0.1) is 0 Å². The summed E-state index contributed by atoms with van der Waals surface area (Å²) in [4.78, 5) is 0. The van der Waals surface area contributed by atoms with Crippen molar-refractivity contribution in [3.63, 3.8) is 0 Å². The van der Waals surface area contributed by atoms with Crippen LogP contribution in [0.3, 0.4) is 0 Å². The molecule has 0 radical (unpaired) electrons. The van der Waals surface area contributed by atoms with Crippen LogP contribution in [0.25, 0.3) is 5.70 Å². The molecule has 0 saturated heterocycles. The summed E-state index contributed by atoms with van der Waals surface area (Å²) in [7, 11) is 0. The molecule has 0 atom stereocenters. The van der Waals surface area contributed by atoms with Gasteiger partial charge in [0.1, 0.15) is 0 Å². The highest BCUT2D eigenvalue weighted by atomic mass is 35.5. The van der Waals surface area contributed by atoms with E-state index in [1.807, 2.05) is 18.2 Å². The van der Waals surface area contributed by atoms with Crippen molar-refractivity contribution in [3.8, 4) is 0 Å². The average molecular weight is 210 g/mol. The van der Waals surface area contributed by atoms with Gasteiger partial charge in [0.15, 0.2) is 0 Å². The van der Waals surface area contributed by atoms with Crippen LogP contribution in [0.2, 0.25) is 5.02 Å². The smallest absolute Gasteiger partial charge is 0.0499 e. The molecule has 76 valence electrons. The zero-order valence-corrected chi connectivity index (χ0v) is 9.65. The SMILES string of the molecule is C=C(N)c1cc(C(C)(C)C)ccc1Cl. The second-order valence-electron chi connectivity index (χ2n) is 4.47. The summed E-state index contributed by atoms with van der Waals surface area (Å²) in [5, 5.41) is 0.658. The van der Waals surface area contributed by atoms with Crippen LogP contribution in [0.15, 0.2) is 24.8 Å². The van der Waals surface area contributed by atoms with Crippen molar-refractivity contribution in [3.05, 3.63) is 40.9 Å². The van der Waals surface area contributed by atoms with E-state index >= 15 is 0 Å². The van der Waals surface area contributed by atoms with E-state index in [-0.39, 0.29) is 5.41 Å². The second kappa shape index (κ2) is 3.66. The number of rotatable bonds is 1. The lowest BCUT2D eigenvalue weighted by Gasteiger charge is -2.20. The Balaban J connectivity index is 3.27. The highest BCUT2D eigenvalue weighted by Gasteiger charge is 2.15. The summed E-state index contributed by atoms with van der Waals surface area (Å²) >= 11 is 6.00. The Morgan fingerprint density at radius 1 is 1.36 bits per heavy atom. The van der Waals surface area contributed by atoms with Gasteiger partial charge in [-0.25, -0.2) is 0 Å². The first-order valence-electron chi connectivity index (χ1n) is 4.57. The van der Waals surface area contributed by atoms with E-state index in [9.17, 15) is 0 Å². The van der Waals surface area contributed by atoms with Gasteiger partial charge in [-0.3, -0.25) is 0 Å². The van der Waals surface area contributed by atoms with Crippen molar-refractivity contribution in [1.29, 1.82) is 0 Å². The predicted octanol–water partition coefficient (Wildman–Crippen LogP) is 3.57. The lowest BCUT2D eigenvalue weighted by Crippen LogP contribution is -2.11. The largest absolute Gasteiger partial charge is 0.399 e. The van der Waals surface area contributed by atoms with Gasteiger partial charge in [-0.05, 0) is 23.1 Å². The van der Waals surface area contributed by atoms with Crippen LogP contribution < -0.4 is 5.73 Å². The fraction of sp³-hybridized carbons (Fsp3) is 0.333. The van der Waals surface area contributed by atoms with Gasteiger partial charge < -0.3 is 5.73 Å². The standard InChI is InChI=1S/C12H16ClN/c1-8(14)10-7-9(12(2,3)4)5-6-11(10)13/h5-7H,1,14H2,2-4H3. The summed E-state index contributed by atoms with van der Waals surface area (Å²) in [6.45, 7) is 10.2. The minimum absolute atomic E-state index is 0.106. The Kier molecular flexibility index (Phi) is 2.91. The topological polar surface area (TPSA) is 26.0 Å². The lowest BCUT2D eigenvalue weighted by molar-refractivity contribution is 0.590.